The first-order valence-electron chi connectivity index (χ1n) is 11.4. The van der Waals surface area contributed by atoms with Crippen molar-refractivity contribution in [2.75, 3.05) is 31.1 Å². The van der Waals surface area contributed by atoms with Crippen molar-refractivity contribution in [3.8, 4) is 11.5 Å². The molecule has 0 spiro atoms. The molecule has 1 aromatic carbocycles. The Morgan fingerprint density at radius 1 is 1.09 bits per heavy atom. The van der Waals surface area contributed by atoms with Crippen LogP contribution in [0.15, 0.2) is 47.1 Å². The van der Waals surface area contributed by atoms with Gasteiger partial charge in [0.15, 0.2) is 5.82 Å². The molecule has 9 heteroatoms. The number of carbonyl (C=O) groups excluding carboxylic acids is 1. The predicted molar refractivity (Wildman–Crippen MR) is 119 cm³/mol. The summed E-state index contributed by atoms with van der Waals surface area (Å²) in [4.78, 5) is 32.4. The van der Waals surface area contributed by atoms with E-state index in [1.165, 1.54) is 12.4 Å². The van der Waals surface area contributed by atoms with Crippen molar-refractivity contribution in [1.29, 1.82) is 0 Å². The zero-order valence-electron chi connectivity index (χ0n) is 18.2. The number of benzene rings is 1. The van der Waals surface area contributed by atoms with Crippen LogP contribution in [0.5, 0.6) is 0 Å². The summed E-state index contributed by atoms with van der Waals surface area (Å²) in [5, 5.41) is 0. The van der Waals surface area contributed by atoms with E-state index < -0.39 is 5.82 Å². The van der Waals surface area contributed by atoms with Gasteiger partial charge in [-0.2, -0.15) is 0 Å². The molecule has 2 aromatic heterocycles. The lowest BCUT2D eigenvalue weighted by Crippen LogP contribution is -2.56. The molecule has 2 fully saturated rings. The Morgan fingerprint density at radius 3 is 2.55 bits per heavy atom. The van der Waals surface area contributed by atoms with Crippen molar-refractivity contribution in [3.05, 3.63) is 60.0 Å². The molecule has 3 aliphatic heterocycles. The Balaban J connectivity index is 1.10. The molecule has 0 aliphatic carbocycles. The molecule has 2 atom stereocenters. The van der Waals surface area contributed by atoms with Crippen LogP contribution in [-0.4, -0.2) is 68.9 Å². The highest BCUT2D eigenvalue weighted by molar-refractivity contribution is 5.78. The summed E-state index contributed by atoms with van der Waals surface area (Å²) < 4.78 is 19.2. The van der Waals surface area contributed by atoms with E-state index >= 15 is 0 Å². The SMILES string of the molecule is O=C(CN1CC2CCC(C1)N2c1ncc(F)cn1)N1CCc2nc(-c3ccccc3)oc2C1. The second-order valence-electron chi connectivity index (χ2n) is 9.01. The van der Waals surface area contributed by atoms with E-state index in [1.54, 1.807) is 0 Å². The fourth-order valence-corrected chi connectivity index (χ4v) is 5.29. The van der Waals surface area contributed by atoms with Gasteiger partial charge in [-0.3, -0.25) is 9.69 Å². The Kier molecular flexibility index (Phi) is 5.05. The Hall–Kier alpha value is -3.33. The molecule has 8 nitrogen and oxygen atoms in total. The van der Waals surface area contributed by atoms with Gasteiger partial charge in [0.05, 0.1) is 31.2 Å². The Labute approximate surface area is 191 Å². The lowest BCUT2D eigenvalue weighted by molar-refractivity contribution is -0.133. The number of amides is 1. The molecule has 2 bridgehead atoms. The summed E-state index contributed by atoms with van der Waals surface area (Å²) in [6.45, 7) is 3.07. The van der Waals surface area contributed by atoms with Crippen molar-refractivity contribution in [2.24, 2.45) is 0 Å². The first kappa shape index (κ1) is 20.3. The van der Waals surface area contributed by atoms with E-state index in [9.17, 15) is 9.18 Å². The van der Waals surface area contributed by atoms with Crippen LogP contribution in [-0.2, 0) is 17.8 Å². The third-order valence-corrected chi connectivity index (χ3v) is 6.86. The van der Waals surface area contributed by atoms with Gasteiger partial charge >= 0.3 is 0 Å². The molecule has 0 N–H and O–H groups in total. The predicted octanol–water partition coefficient (Wildman–Crippen LogP) is 2.51. The van der Waals surface area contributed by atoms with Gasteiger partial charge in [0.1, 0.15) is 5.76 Å². The van der Waals surface area contributed by atoms with E-state index in [2.05, 4.69) is 24.8 Å². The Bertz CT molecular complexity index is 1140. The molecule has 170 valence electrons. The smallest absolute Gasteiger partial charge is 0.237 e. The average molecular weight is 449 g/mol. The maximum atomic E-state index is 13.2. The molecule has 33 heavy (non-hydrogen) atoms. The van der Waals surface area contributed by atoms with Gasteiger partial charge in [0, 0.05) is 43.7 Å². The fraction of sp³-hybridized carbons (Fsp3) is 0.417. The number of nitrogens with zero attached hydrogens (tertiary/aromatic N) is 6. The number of hydrogen-bond acceptors (Lipinski definition) is 7. The number of fused-ring (bicyclic) bond motifs is 3. The number of aromatic nitrogens is 3. The standard InChI is InChI=1S/C24H25FN6O2/c25-17-10-26-24(27-11-17)31-18-6-7-19(31)13-29(12-18)15-22(32)30-9-8-20-21(14-30)33-23(28-20)16-4-2-1-3-5-16/h1-5,10-11,18-19H,6-9,12-15H2. The van der Waals surface area contributed by atoms with Crippen LogP contribution < -0.4 is 4.90 Å². The lowest BCUT2D eigenvalue weighted by Gasteiger charge is -2.41. The summed E-state index contributed by atoms with van der Waals surface area (Å²) in [6.07, 6.45) is 5.20. The summed E-state index contributed by atoms with van der Waals surface area (Å²) in [7, 11) is 0. The van der Waals surface area contributed by atoms with Crippen molar-refractivity contribution < 1.29 is 13.6 Å². The number of hydrogen-bond donors (Lipinski definition) is 0. The van der Waals surface area contributed by atoms with E-state index in [-0.39, 0.29) is 18.0 Å². The van der Waals surface area contributed by atoms with Gasteiger partial charge in [-0.25, -0.2) is 19.3 Å². The third-order valence-electron chi connectivity index (χ3n) is 6.86. The van der Waals surface area contributed by atoms with E-state index in [0.29, 0.717) is 37.9 Å². The molecule has 1 amide bonds. The average Bonchev–Trinajstić information content (AvgIpc) is 3.38. The van der Waals surface area contributed by atoms with Gasteiger partial charge in [0.25, 0.3) is 0 Å². The highest BCUT2D eigenvalue weighted by atomic mass is 19.1. The highest BCUT2D eigenvalue weighted by Crippen LogP contribution is 2.33. The van der Waals surface area contributed by atoms with Crippen LogP contribution in [0, 0.1) is 5.82 Å². The number of oxazole rings is 1. The van der Waals surface area contributed by atoms with Crippen molar-refractivity contribution in [1.82, 2.24) is 24.8 Å². The highest BCUT2D eigenvalue weighted by Gasteiger charge is 2.42. The van der Waals surface area contributed by atoms with Crippen LogP contribution in [0.25, 0.3) is 11.5 Å². The maximum Gasteiger partial charge on any atom is 0.237 e. The quantitative estimate of drug-likeness (QED) is 0.607. The van der Waals surface area contributed by atoms with Gasteiger partial charge in [0.2, 0.25) is 17.7 Å². The van der Waals surface area contributed by atoms with E-state index in [0.717, 1.165) is 42.9 Å². The molecule has 3 aliphatic rings. The second-order valence-corrected chi connectivity index (χ2v) is 9.01. The number of rotatable bonds is 4. The fourth-order valence-electron chi connectivity index (χ4n) is 5.29. The summed E-state index contributed by atoms with van der Waals surface area (Å²) >= 11 is 0. The molecular weight excluding hydrogens is 423 g/mol. The molecular formula is C24H25FN6O2. The molecule has 0 radical (unpaired) electrons. The van der Waals surface area contributed by atoms with Gasteiger partial charge < -0.3 is 14.2 Å². The van der Waals surface area contributed by atoms with Crippen molar-refractivity contribution >= 4 is 11.9 Å². The summed E-state index contributed by atoms with van der Waals surface area (Å²) in [5.74, 6) is 1.67. The molecule has 3 aromatic rings. The molecule has 5 heterocycles. The largest absolute Gasteiger partial charge is 0.439 e. The number of anilines is 1. The van der Waals surface area contributed by atoms with Crippen LogP contribution in [0.4, 0.5) is 10.3 Å². The van der Waals surface area contributed by atoms with E-state index in [1.807, 2.05) is 35.2 Å². The van der Waals surface area contributed by atoms with Crippen molar-refractivity contribution in [3.63, 3.8) is 0 Å². The lowest BCUT2D eigenvalue weighted by atomic mass is 10.1. The summed E-state index contributed by atoms with van der Waals surface area (Å²) in [5.41, 5.74) is 1.90. The van der Waals surface area contributed by atoms with Gasteiger partial charge in [-0.15, -0.1) is 0 Å². The van der Waals surface area contributed by atoms with Crippen LogP contribution >= 0.6 is 0 Å². The maximum absolute atomic E-state index is 13.2. The van der Waals surface area contributed by atoms with Crippen molar-refractivity contribution in [2.45, 2.75) is 37.9 Å². The monoisotopic (exact) mass is 448 g/mol. The number of piperazine rings is 1. The van der Waals surface area contributed by atoms with Crippen LogP contribution in [0.2, 0.25) is 0 Å². The van der Waals surface area contributed by atoms with Gasteiger partial charge in [-0.05, 0) is 25.0 Å². The zero-order chi connectivity index (χ0) is 22.4. The topological polar surface area (TPSA) is 78.6 Å². The minimum Gasteiger partial charge on any atom is -0.439 e. The number of carbonyl (C=O) groups is 1. The minimum absolute atomic E-state index is 0.115. The first-order chi connectivity index (χ1) is 16.1. The second kappa shape index (κ2) is 8.22. The number of likely N-dealkylation sites (tertiary alicyclic amines) is 1. The van der Waals surface area contributed by atoms with E-state index in [4.69, 9.17) is 4.42 Å². The zero-order valence-corrected chi connectivity index (χ0v) is 18.2. The van der Waals surface area contributed by atoms with Crippen LogP contribution in [0.1, 0.15) is 24.3 Å². The third kappa shape index (κ3) is 3.86. The molecule has 0 saturated carbocycles. The summed E-state index contributed by atoms with van der Waals surface area (Å²) in [6, 6.07) is 10.3. The minimum atomic E-state index is -0.428. The Morgan fingerprint density at radius 2 is 1.82 bits per heavy atom. The molecule has 2 saturated heterocycles. The first-order valence-corrected chi connectivity index (χ1v) is 11.4. The molecule has 6 rings (SSSR count). The number of halogens is 1. The molecule has 2 unspecified atom stereocenters. The van der Waals surface area contributed by atoms with Gasteiger partial charge in [-0.1, -0.05) is 18.2 Å². The van der Waals surface area contributed by atoms with Crippen LogP contribution in [0.3, 0.4) is 0 Å². The normalized spacial score (nSPS) is 22.5.